The molecule has 2 aliphatic carbocycles. The molecule has 37 heavy (non-hydrogen) atoms. The Balaban J connectivity index is 1.69. The van der Waals surface area contributed by atoms with Crippen molar-refractivity contribution in [1.82, 2.24) is 0 Å². The van der Waals surface area contributed by atoms with Gasteiger partial charge in [0.25, 0.3) is 0 Å². The maximum Gasteiger partial charge on any atom is 0.200 e. The average molecular weight is 501 g/mol. The van der Waals surface area contributed by atoms with Crippen LogP contribution in [0, 0.1) is 0 Å². The van der Waals surface area contributed by atoms with Gasteiger partial charge in [-0.1, -0.05) is 31.0 Å². The van der Waals surface area contributed by atoms with E-state index in [1.165, 1.54) is 0 Å². The largest absolute Gasteiger partial charge is 0.871 e. The zero-order valence-corrected chi connectivity index (χ0v) is 22.3. The Morgan fingerprint density at radius 2 is 1.59 bits per heavy atom. The minimum atomic E-state index is -0.197. The highest BCUT2D eigenvalue weighted by molar-refractivity contribution is 6.39. The second-order valence-electron chi connectivity index (χ2n) is 8.57. The maximum absolute atomic E-state index is 12.9. The van der Waals surface area contributed by atoms with Gasteiger partial charge < -0.3 is 19.5 Å². The molecule has 0 aromatic heterocycles. The molecule has 0 fully saturated rings. The van der Waals surface area contributed by atoms with Crippen LogP contribution in [0.4, 0.5) is 5.69 Å². The van der Waals surface area contributed by atoms with E-state index in [1.807, 2.05) is 48.6 Å². The number of likely N-dealkylation sites (N-methyl/N-ethyl adjacent to an activating group) is 1. The molecule has 1 aromatic carbocycles. The monoisotopic (exact) mass is 500 g/mol. The third kappa shape index (κ3) is 6.39. The summed E-state index contributed by atoms with van der Waals surface area (Å²) < 4.78 is 12.8. The number of Topliss-reactive ketones (excluding diaryl/α,β-unsaturated/α-hetero) is 1. The minimum absolute atomic E-state index is 0.197. The van der Waals surface area contributed by atoms with Crippen molar-refractivity contribution >= 4 is 22.8 Å². The standard InChI is InChI=1S/C31H36N2O4/c1-7-32(8-2)26-16-12-24(13-17-26)28-30(34)29(31(28)35)25-14-18-27(19-15-25)33(9-3)20-21-37-23(5)11-10-22(4)36-6/h10-19H,4-5,7-9,20-21H2,1-3,6H3/b11-10-. The highest BCUT2D eigenvalue weighted by Crippen LogP contribution is 2.37. The first kappa shape index (κ1) is 27.5. The normalized spacial score (nSPS) is 14.8. The first-order valence-electron chi connectivity index (χ1n) is 12.6. The molecule has 0 saturated heterocycles. The molecule has 1 aromatic rings. The Morgan fingerprint density at radius 3 is 2.14 bits per heavy atom. The molecule has 0 unspecified atom stereocenters. The molecule has 6 heteroatoms. The number of allylic oxidation sites excluding steroid dienone is 9. The molecule has 0 saturated carbocycles. The summed E-state index contributed by atoms with van der Waals surface area (Å²) >= 11 is 0. The average Bonchev–Trinajstić information content (AvgIpc) is 2.92. The maximum atomic E-state index is 12.9. The zero-order chi connectivity index (χ0) is 26.9. The molecule has 0 aliphatic heterocycles. The second-order valence-corrected chi connectivity index (χ2v) is 8.57. The van der Waals surface area contributed by atoms with Crippen molar-refractivity contribution in [3.63, 3.8) is 0 Å². The van der Waals surface area contributed by atoms with E-state index in [9.17, 15) is 9.90 Å². The van der Waals surface area contributed by atoms with Gasteiger partial charge in [0.1, 0.15) is 24.7 Å². The fraction of sp³-hybridized carbons (Fsp3) is 0.290. The van der Waals surface area contributed by atoms with E-state index >= 15 is 0 Å². The molecule has 2 aliphatic rings. The van der Waals surface area contributed by atoms with Gasteiger partial charge in [0.05, 0.1) is 7.11 Å². The van der Waals surface area contributed by atoms with Gasteiger partial charge in [0.15, 0.2) is 18.0 Å². The second kappa shape index (κ2) is 12.8. The number of nitrogens with zero attached hydrogens (tertiary/aromatic N) is 2. The van der Waals surface area contributed by atoms with E-state index in [-0.39, 0.29) is 22.7 Å². The van der Waals surface area contributed by atoms with E-state index in [4.69, 9.17) is 9.47 Å². The number of ketones is 1. The van der Waals surface area contributed by atoms with Crippen LogP contribution < -0.4 is 10.0 Å². The summed E-state index contributed by atoms with van der Waals surface area (Å²) in [7, 11) is 1.55. The summed E-state index contributed by atoms with van der Waals surface area (Å²) in [6.45, 7) is 17.5. The van der Waals surface area contributed by atoms with Gasteiger partial charge in [-0.05, 0) is 68.3 Å². The van der Waals surface area contributed by atoms with Crippen molar-refractivity contribution in [2.24, 2.45) is 0 Å². The number of rotatable bonds is 12. The SMILES string of the molecule is C=C(/C=C\C(=C)OCC[N+](CC)=C1C=CC(=C2C(=O)C(c3ccc(N(CC)CC)cc3)=C2[O-])C=C1)OC. The van der Waals surface area contributed by atoms with Crippen LogP contribution in [0.1, 0.15) is 26.3 Å². The van der Waals surface area contributed by atoms with Crippen molar-refractivity contribution in [1.29, 1.82) is 0 Å². The van der Waals surface area contributed by atoms with E-state index in [0.29, 0.717) is 35.8 Å². The number of ether oxygens (including phenoxy) is 2. The van der Waals surface area contributed by atoms with E-state index < -0.39 is 0 Å². The third-order valence-corrected chi connectivity index (χ3v) is 6.46. The van der Waals surface area contributed by atoms with Crippen molar-refractivity contribution in [3.05, 3.63) is 108 Å². The molecule has 0 N–H and O–H groups in total. The van der Waals surface area contributed by atoms with Gasteiger partial charge >= 0.3 is 0 Å². The number of hydrogen-bond acceptors (Lipinski definition) is 5. The fourth-order valence-electron chi connectivity index (χ4n) is 4.24. The Labute approximate surface area is 220 Å². The molecule has 0 heterocycles. The van der Waals surface area contributed by atoms with Crippen LogP contribution in [0.2, 0.25) is 0 Å². The van der Waals surface area contributed by atoms with Crippen LogP contribution >= 0.6 is 0 Å². The van der Waals surface area contributed by atoms with E-state index in [2.05, 4.69) is 43.4 Å². The summed E-state index contributed by atoms with van der Waals surface area (Å²) in [5, 5.41) is 12.9. The van der Waals surface area contributed by atoms with Gasteiger partial charge in [-0.15, -0.1) is 0 Å². The first-order chi connectivity index (χ1) is 17.8. The molecular weight excluding hydrogens is 464 g/mol. The van der Waals surface area contributed by atoms with Gasteiger partial charge in [-0.25, -0.2) is 4.58 Å². The lowest BCUT2D eigenvalue weighted by atomic mass is 9.80. The van der Waals surface area contributed by atoms with Gasteiger partial charge in [-0.2, -0.15) is 0 Å². The Hall–Kier alpha value is -4.06. The van der Waals surface area contributed by atoms with E-state index in [0.717, 1.165) is 31.0 Å². The third-order valence-electron chi connectivity index (χ3n) is 6.46. The van der Waals surface area contributed by atoms with Crippen LogP contribution in [-0.4, -0.2) is 56.0 Å². The van der Waals surface area contributed by atoms with Crippen LogP contribution in [0.15, 0.2) is 102 Å². The molecule has 6 nitrogen and oxygen atoms in total. The number of benzene rings is 1. The fourth-order valence-corrected chi connectivity index (χ4v) is 4.24. The van der Waals surface area contributed by atoms with Crippen molar-refractivity contribution in [2.75, 3.05) is 44.8 Å². The van der Waals surface area contributed by atoms with Crippen LogP contribution in [0.5, 0.6) is 0 Å². The van der Waals surface area contributed by atoms with Crippen molar-refractivity contribution in [3.8, 4) is 0 Å². The van der Waals surface area contributed by atoms with E-state index in [1.54, 1.807) is 19.3 Å². The number of anilines is 1. The summed E-state index contributed by atoms with van der Waals surface area (Å²) in [6.07, 6.45) is 10.9. The van der Waals surface area contributed by atoms with Crippen molar-refractivity contribution < 1.29 is 24.0 Å². The predicted octanol–water partition coefficient (Wildman–Crippen LogP) is 4.33. The quantitative estimate of drug-likeness (QED) is 0.185. The Kier molecular flexibility index (Phi) is 9.50. The van der Waals surface area contributed by atoms with Gasteiger partial charge in [0.2, 0.25) is 0 Å². The molecule has 3 rings (SSSR count). The highest BCUT2D eigenvalue weighted by atomic mass is 16.5. The molecule has 0 atom stereocenters. The first-order valence-corrected chi connectivity index (χ1v) is 12.6. The molecule has 0 bridgehead atoms. The lowest BCUT2D eigenvalue weighted by Gasteiger charge is -2.32. The van der Waals surface area contributed by atoms with Gasteiger partial charge in [0, 0.05) is 42.1 Å². The summed E-state index contributed by atoms with van der Waals surface area (Å²) in [4.78, 5) is 15.2. The number of carbonyl (C=O) groups is 1. The highest BCUT2D eigenvalue weighted by Gasteiger charge is 2.30. The smallest absolute Gasteiger partial charge is 0.200 e. The predicted molar refractivity (Wildman–Crippen MR) is 148 cm³/mol. The molecule has 194 valence electrons. The number of hydrogen-bond donors (Lipinski definition) is 0. The molecular formula is C31H36N2O4. The van der Waals surface area contributed by atoms with Gasteiger partial charge in [-0.3, -0.25) is 4.79 Å². The number of carbonyl (C=O) groups excluding carboxylic acids is 1. The Bertz CT molecular complexity index is 1220. The van der Waals surface area contributed by atoms with Crippen LogP contribution in [-0.2, 0) is 14.3 Å². The zero-order valence-electron chi connectivity index (χ0n) is 22.3. The topological polar surface area (TPSA) is 64.8 Å². The lowest BCUT2D eigenvalue weighted by Crippen LogP contribution is -2.30. The van der Waals surface area contributed by atoms with Crippen LogP contribution in [0.3, 0.4) is 0 Å². The molecule has 0 amide bonds. The van der Waals surface area contributed by atoms with Crippen LogP contribution in [0.25, 0.3) is 5.57 Å². The summed E-state index contributed by atoms with van der Waals surface area (Å²) in [5.41, 5.74) is 3.90. The Morgan fingerprint density at radius 1 is 0.973 bits per heavy atom. The molecule has 0 radical (unpaired) electrons. The summed E-state index contributed by atoms with van der Waals surface area (Å²) in [5.74, 6) is 0.658. The van der Waals surface area contributed by atoms with Crippen molar-refractivity contribution in [2.45, 2.75) is 20.8 Å². The lowest BCUT2D eigenvalue weighted by molar-refractivity contribution is -0.525. The molecule has 0 spiro atoms. The minimum Gasteiger partial charge on any atom is -0.871 e. The summed E-state index contributed by atoms with van der Waals surface area (Å²) in [6, 6.07) is 7.65. The number of methoxy groups -OCH3 is 1.